The highest BCUT2D eigenvalue weighted by atomic mass is 16.5. The average Bonchev–Trinajstić information content (AvgIpc) is 3.15. The summed E-state index contributed by atoms with van der Waals surface area (Å²) in [7, 11) is 0. The van der Waals surface area contributed by atoms with Gasteiger partial charge in [0.2, 0.25) is 5.88 Å². The number of nitrogens with zero attached hydrogens (tertiary/aromatic N) is 2. The van der Waals surface area contributed by atoms with Gasteiger partial charge in [0.15, 0.2) is 0 Å². The van der Waals surface area contributed by atoms with Crippen LogP contribution in [0.2, 0.25) is 0 Å². The van der Waals surface area contributed by atoms with Crippen LogP contribution in [0.5, 0.6) is 5.88 Å². The minimum absolute atomic E-state index is 0.0427. The summed E-state index contributed by atoms with van der Waals surface area (Å²) < 4.78 is 10.8. The summed E-state index contributed by atoms with van der Waals surface area (Å²) in [5.74, 6) is 1.04. The summed E-state index contributed by atoms with van der Waals surface area (Å²) in [6, 6.07) is 9.00. The van der Waals surface area contributed by atoms with Crippen LogP contribution >= 0.6 is 0 Å². The normalized spacial score (nSPS) is 10.7. The zero-order chi connectivity index (χ0) is 17.6. The van der Waals surface area contributed by atoms with Gasteiger partial charge in [-0.05, 0) is 43.7 Å². The molecule has 3 heterocycles. The van der Waals surface area contributed by atoms with E-state index >= 15 is 0 Å². The number of carbonyl (C=O) groups excluding carboxylic acids is 1. The Hall–Kier alpha value is -3.15. The number of carbonyl (C=O) groups is 1. The molecule has 3 rings (SSSR count). The van der Waals surface area contributed by atoms with Crippen LogP contribution < -0.4 is 10.1 Å². The lowest BCUT2D eigenvalue weighted by molar-refractivity contribution is 0.0950. The van der Waals surface area contributed by atoms with E-state index in [9.17, 15) is 4.79 Å². The van der Waals surface area contributed by atoms with Gasteiger partial charge in [0.1, 0.15) is 5.76 Å². The summed E-state index contributed by atoms with van der Waals surface area (Å²) in [4.78, 5) is 20.6. The van der Waals surface area contributed by atoms with Gasteiger partial charge in [0.25, 0.3) is 5.91 Å². The van der Waals surface area contributed by atoms with E-state index in [1.807, 2.05) is 32.0 Å². The van der Waals surface area contributed by atoms with E-state index in [4.69, 9.17) is 9.15 Å². The highest BCUT2D eigenvalue weighted by Crippen LogP contribution is 2.19. The van der Waals surface area contributed by atoms with Gasteiger partial charge in [-0.1, -0.05) is 0 Å². The van der Waals surface area contributed by atoms with Crippen molar-refractivity contribution in [2.24, 2.45) is 0 Å². The fourth-order valence-corrected chi connectivity index (χ4v) is 2.27. The van der Waals surface area contributed by atoms with Gasteiger partial charge < -0.3 is 14.5 Å². The van der Waals surface area contributed by atoms with Crippen LogP contribution in [-0.2, 0) is 6.54 Å². The van der Waals surface area contributed by atoms with Crippen molar-refractivity contribution in [3.05, 3.63) is 66.3 Å². The van der Waals surface area contributed by atoms with Gasteiger partial charge in [-0.25, -0.2) is 4.98 Å². The number of aromatic nitrogens is 2. The quantitative estimate of drug-likeness (QED) is 0.745. The summed E-state index contributed by atoms with van der Waals surface area (Å²) >= 11 is 0. The molecule has 0 unspecified atom stereocenters. The Balaban J connectivity index is 1.61. The van der Waals surface area contributed by atoms with Crippen LogP contribution in [0.25, 0.3) is 11.3 Å². The van der Waals surface area contributed by atoms with Crippen LogP contribution in [-0.4, -0.2) is 22.0 Å². The van der Waals surface area contributed by atoms with Crippen molar-refractivity contribution in [3.63, 3.8) is 0 Å². The van der Waals surface area contributed by atoms with Gasteiger partial charge in [0.05, 0.1) is 17.9 Å². The lowest BCUT2D eigenvalue weighted by atomic mass is 10.1. The number of ether oxygens (including phenoxy) is 1. The third kappa shape index (κ3) is 4.44. The highest BCUT2D eigenvalue weighted by molar-refractivity contribution is 5.93. The Kier molecular flexibility index (Phi) is 5.09. The molecule has 6 nitrogen and oxygen atoms in total. The van der Waals surface area contributed by atoms with E-state index in [2.05, 4.69) is 15.3 Å². The van der Waals surface area contributed by atoms with Crippen molar-refractivity contribution in [1.29, 1.82) is 0 Å². The molecule has 3 aromatic heterocycles. The van der Waals surface area contributed by atoms with E-state index < -0.39 is 0 Å². The molecule has 0 fully saturated rings. The first kappa shape index (κ1) is 16.7. The van der Waals surface area contributed by atoms with Crippen molar-refractivity contribution in [2.75, 3.05) is 0 Å². The topological polar surface area (TPSA) is 77.2 Å². The maximum absolute atomic E-state index is 12.2. The van der Waals surface area contributed by atoms with Gasteiger partial charge in [0, 0.05) is 36.8 Å². The fourth-order valence-electron chi connectivity index (χ4n) is 2.27. The first-order valence-corrected chi connectivity index (χ1v) is 8.00. The molecular weight excluding hydrogens is 318 g/mol. The SMILES string of the molecule is CC(C)Oc1ccc(C(=O)NCc2cncc(-c3ccco3)c2)cn1. The molecule has 0 bridgehead atoms. The minimum Gasteiger partial charge on any atom is -0.475 e. The number of amides is 1. The zero-order valence-electron chi connectivity index (χ0n) is 14.1. The predicted octanol–water partition coefficient (Wildman–Crippen LogP) is 3.45. The lowest BCUT2D eigenvalue weighted by Crippen LogP contribution is -2.23. The summed E-state index contributed by atoms with van der Waals surface area (Å²) in [6.45, 7) is 4.21. The van der Waals surface area contributed by atoms with Crippen LogP contribution in [0.15, 0.2) is 59.6 Å². The van der Waals surface area contributed by atoms with Gasteiger partial charge in [-0.3, -0.25) is 9.78 Å². The Morgan fingerprint density at radius 2 is 2.12 bits per heavy atom. The number of hydrogen-bond donors (Lipinski definition) is 1. The molecule has 0 aliphatic carbocycles. The zero-order valence-corrected chi connectivity index (χ0v) is 14.1. The molecule has 0 saturated heterocycles. The van der Waals surface area contributed by atoms with Gasteiger partial charge in [-0.2, -0.15) is 0 Å². The smallest absolute Gasteiger partial charge is 0.253 e. The third-order valence-electron chi connectivity index (χ3n) is 3.41. The molecule has 0 atom stereocenters. The molecule has 0 spiro atoms. The monoisotopic (exact) mass is 337 g/mol. The van der Waals surface area contributed by atoms with Crippen molar-refractivity contribution in [1.82, 2.24) is 15.3 Å². The van der Waals surface area contributed by atoms with Crippen molar-refractivity contribution in [2.45, 2.75) is 26.5 Å². The van der Waals surface area contributed by atoms with Crippen molar-refractivity contribution < 1.29 is 13.9 Å². The van der Waals surface area contributed by atoms with Gasteiger partial charge >= 0.3 is 0 Å². The number of hydrogen-bond acceptors (Lipinski definition) is 5. The van der Waals surface area contributed by atoms with E-state index in [0.717, 1.165) is 16.9 Å². The lowest BCUT2D eigenvalue weighted by Gasteiger charge is -2.09. The second-order valence-corrected chi connectivity index (χ2v) is 5.79. The third-order valence-corrected chi connectivity index (χ3v) is 3.41. The standard InChI is InChI=1S/C19H19N3O3/c1-13(2)25-18-6-5-15(12-21-18)19(23)22-10-14-8-16(11-20-9-14)17-4-3-7-24-17/h3-9,11-13H,10H2,1-2H3,(H,22,23). The molecule has 0 aliphatic heterocycles. The van der Waals surface area contributed by atoms with Crippen LogP contribution in [0, 0.1) is 0 Å². The van der Waals surface area contributed by atoms with E-state index in [-0.39, 0.29) is 12.0 Å². The second kappa shape index (κ2) is 7.61. The number of pyridine rings is 2. The summed E-state index contributed by atoms with van der Waals surface area (Å²) in [5.41, 5.74) is 2.23. The Labute approximate surface area is 145 Å². The molecule has 6 heteroatoms. The van der Waals surface area contributed by atoms with Gasteiger partial charge in [-0.15, -0.1) is 0 Å². The number of nitrogens with one attached hydrogen (secondary N) is 1. The molecule has 1 amide bonds. The highest BCUT2D eigenvalue weighted by Gasteiger charge is 2.08. The molecule has 3 aromatic rings. The Bertz CT molecular complexity index is 827. The minimum atomic E-state index is -0.202. The van der Waals surface area contributed by atoms with E-state index in [1.165, 1.54) is 6.20 Å². The van der Waals surface area contributed by atoms with Crippen LogP contribution in [0.4, 0.5) is 0 Å². The molecule has 25 heavy (non-hydrogen) atoms. The molecule has 128 valence electrons. The molecule has 0 aliphatic rings. The van der Waals surface area contributed by atoms with Crippen molar-refractivity contribution in [3.8, 4) is 17.2 Å². The maximum atomic E-state index is 12.2. The Morgan fingerprint density at radius 1 is 1.24 bits per heavy atom. The molecule has 0 radical (unpaired) electrons. The number of rotatable bonds is 6. The molecular formula is C19H19N3O3. The molecule has 0 aromatic carbocycles. The predicted molar refractivity (Wildman–Crippen MR) is 93.1 cm³/mol. The first-order valence-electron chi connectivity index (χ1n) is 8.00. The van der Waals surface area contributed by atoms with E-state index in [0.29, 0.717) is 18.0 Å². The summed E-state index contributed by atoms with van der Waals surface area (Å²) in [5, 5.41) is 2.86. The average molecular weight is 337 g/mol. The number of furan rings is 1. The summed E-state index contributed by atoms with van der Waals surface area (Å²) in [6.07, 6.45) is 6.60. The fraction of sp³-hybridized carbons (Fsp3) is 0.211. The largest absolute Gasteiger partial charge is 0.475 e. The Morgan fingerprint density at radius 3 is 2.80 bits per heavy atom. The molecule has 0 saturated carbocycles. The van der Waals surface area contributed by atoms with Crippen molar-refractivity contribution >= 4 is 5.91 Å². The second-order valence-electron chi connectivity index (χ2n) is 5.79. The molecule has 1 N–H and O–H groups in total. The van der Waals surface area contributed by atoms with Crippen LogP contribution in [0.3, 0.4) is 0 Å². The first-order chi connectivity index (χ1) is 12.1. The van der Waals surface area contributed by atoms with Crippen LogP contribution in [0.1, 0.15) is 29.8 Å². The maximum Gasteiger partial charge on any atom is 0.253 e. The van der Waals surface area contributed by atoms with E-state index in [1.54, 1.807) is 30.8 Å².